The predicted molar refractivity (Wildman–Crippen MR) is 89.6 cm³/mol. The summed E-state index contributed by atoms with van der Waals surface area (Å²) in [6, 6.07) is 1.92. The normalized spacial score (nSPS) is 19.0. The summed E-state index contributed by atoms with van der Waals surface area (Å²) in [6.07, 6.45) is 5.53. The highest BCUT2D eigenvalue weighted by Gasteiger charge is 2.36. The lowest BCUT2D eigenvalue weighted by atomic mass is 10.0. The Morgan fingerprint density at radius 1 is 1.36 bits per heavy atom. The monoisotopic (exact) mass is 410 g/mol. The van der Waals surface area contributed by atoms with Gasteiger partial charge in [-0.2, -0.15) is 0 Å². The molecule has 1 saturated heterocycles. The van der Waals surface area contributed by atoms with Gasteiger partial charge in [-0.25, -0.2) is 4.98 Å². The minimum atomic E-state index is -0.463. The van der Waals surface area contributed by atoms with Crippen LogP contribution in [0.5, 0.6) is 0 Å². The summed E-state index contributed by atoms with van der Waals surface area (Å²) in [7, 11) is 0. The molecule has 0 aromatic carbocycles. The molecule has 114 valence electrons. The number of likely N-dealkylation sites (tertiary alicyclic amines) is 1. The van der Waals surface area contributed by atoms with Crippen LogP contribution in [0.25, 0.3) is 11.0 Å². The number of hydrogen-bond donors (Lipinski definition) is 1. The SMILES string of the molecule is O=C([C@H](I)N1Cc2ccnc3[nH]cc(c23)C1=O)N1CCCC1. The number of aromatic nitrogens is 2. The van der Waals surface area contributed by atoms with E-state index in [1.54, 1.807) is 17.3 Å². The first kappa shape index (κ1) is 14.0. The minimum absolute atomic E-state index is 0.0377. The van der Waals surface area contributed by atoms with Crippen LogP contribution < -0.4 is 0 Å². The molecule has 0 radical (unpaired) electrons. The Balaban J connectivity index is 1.67. The highest BCUT2D eigenvalue weighted by Crippen LogP contribution is 2.31. The number of carbonyl (C=O) groups is 2. The fourth-order valence-corrected chi connectivity index (χ4v) is 4.08. The molecular weight excluding hydrogens is 395 g/mol. The first-order valence-corrected chi connectivity index (χ1v) is 8.60. The fraction of sp³-hybridized carbons (Fsp3) is 0.400. The third kappa shape index (κ3) is 2.02. The van der Waals surface area contributed by atoms with E-state index in [-0.39, 0.29) is 11.8 Å². The minimum Gasteiger partial charge on any atom is -0.345 e. The van der Waals surface area contributed by atoms with Crippen LogP contribution in [0.15, 0.2) is 18.5 Å². The molecule has 1 N–H and O–H groups in total. The van der Waals surface area contributed by atoms with Crippen molar-refractivity contribution in [2.45, 2.75) is 23.4 Å². The summed E-state index contributed by atoms with van der Waals surface area (Å²) < 4.78 is -0.463. The maximum atomic E-state index is 12.7. The molecule has 0 unspecified atom stereocenters. The maximum Gasteiger partial charge on any atom is 0.257 e. The van der Waals surface area contributed by atoms with E-state index in [9.17, 15) is 9.59 Å². The highest BCUT2D eigenvalue weighted by molar-refractivity contribution is 14.1. The number of rotatable bonds is 2. The molecule has 1 atom stereocenters. The molecule has 2 aromatic rings. The number of alkyl halides is 1. The molecule has 2 aliphatic rings. The van der Waals surface area contributed by atoms with Crippen molar-refractivity contribution in [3.8, 4) is 0 Å². The van der Waals surface area contributed by atoms with E-state index >= 15 is 0 Å². The second kappa shape index (κ2) is 5.22. The van der Waals surface area contributed by atoms with E-state index in [2.05, 4.69) is 32.6 Å². The van der Waals surface area contributed by atoms with Gasteiger partial charge in [0.15, 0.2) is 4.05 Å². The molecule has 0 spiro atoms. The van der Waals surface area contributed by atoms with Gasteiger partial charge in [0.2, 0.25) is 0 Å². The number of halogens is 1. The Kier molecular flexibility index (Phi) is 3.32. The van der Waals surface area contributed by atoms with Crippen molar-refractivity contribution in [3.63, 3.8) is 0 Å². The fourth-order valence-electron chi connectivity index (χ4n) is 3.24. The zero-order valence-electron chi connectivity index (χ0n) is 11.9. The molecular formula is C15H15IN4O2. The average Bonchev–Trinajstić information content (AvgIpc) is 3.19. The van der Waals surface area contributed by atoms with Crippen molar-refractivity contribution in [3.05, 3.63) is 29.6 Å². The van der Waals surface area contributed by atoms with E-state index in [1.807, 2.05) is 11.0 Å². The van der Waals surface area contributed by atoms with Gasteiger partial charge in [0.05, 0.1) is 5.56 Å². The summed E-state index contributed by atoms with van der Waals surface area (Å²) in [4.78, 5) is 36.1. The zero-order chi connectivity index (χ0) is 15.3. The van der Waals surface area contributed by atoms with Gasteiger partial charge in [0, 0.05) is 37.4 Å². The molecule has 2 aliphatic heterocycles. The molecule has 22 heavy (non-hydrogen) atoms. The summed E-state index contributed by atoms with van der Waals surface area (Å²) in [5.41, 5.74) is 2.38. The van der Waals surface area contributed by atoms with Crippen molar-refractivity contribution in [2.75, 3.05) is 13.1 Å². The molecule has 4 heterocycles. The van der Waals surface area contributed by atoms with Crippen LogP contribution in [0.2, 0.25) is 0 Å². The van der Waals surface area contributed by atoms with Gasteiger partial charge in [-0.05, 0) is 47.1 Å². The maximum absolute atomic E-state index is 12.7. The molecule has 6 nitrogen and oxygen atoms in total. The number of nitrogens with one attached hydrogen (secondary N) is 1. The lowest BCUT2D eigenvalue weighted by Gasteiger charge is -2.32. The summed E-state index contributed by atoms with van der Waals surface area (Å²) in [5.74, 6) is -0.0607. The Labute approximate surface area is 141 Å². The molecule has 0 saturated carbocycles. The van der Waals surface area contributed by atoms with Crippen molar-refractivity contribution >= 4 is 45.4 Å². The number of aromatic amines is 1. The van der Waals surface area contributed by atoms with Crippen molar-refractivity contribution in [1.82, 2.24) is 19.8 Å². The summed E-state index contributed by atoms with van der Waals surface area (Å²) in [5, 5.41) is 0.890. The number of H-pyrrole nitrogens is 1. The lowest BCUT2D eigenvalue weighted by Crippen LogP contribution is -2.47. The molecule has 4 rings (SSSR count). The van der Waals surface area contributed by atoms with Crippen LogP contribution in [0.3, 0.4) is 0 Å². The molecule has 0 bridgehead atoms. The smallest absolute Gasteiger partial charge is 0.257 e. The number of pyridine rings is 1. The van der Waals surface area contributed by atoms with Gasteiger partial charge >= 0.3 is 0 Å². The molecule has 0 aliphatic carbocycles. The standard InChI is InChI=1S/C15H15IN4O2/c16-12(15(22)19-5-1-2-6-19)20-8-9-3-4-17-13-11(9)10(7-18-13)14(20)21/h3-4,7,12H,1-2,5-6,8H2,(H,17,18)/t12-/m1/s1. The third-order valence-corrected chi connectivity index (χ3v) is 5.59. The van der Waals surface area contributed by atoms with Crippen LogP contribution in [0, 0.1) is 0 Å². The third-order valence-electron chi connectivity index (χ3n) is 4.39. The molecule has 2 aromatic heterocycles. The first-order valence-electron chi connectivity index (χ1n) is 7.35. The van der Waals surface area contributed by atoms with Crippen molar-refractivity contribution in [2.24, 2.45) is 0 Å². The first-order chi connectivity index (χ1) is 10.7. The summed E-state index contributed by atoms with van der Waals surface area (Å²) in [6.45, 7) is 2.06. The van der Waals surface area contributed by atoms with Gasteiger partial charge in [0.1, 0.15) is 5.65 Å². The van der Waals surface area contributed by atoms with Gasteiger partial charge in [-0.15, -0.1) is 0 Å². The van der Waals surface area contributed by atoms with Crippen molar-refractivity contribution in [1.29, 1.82) is 0 Å². The van der Waals surface area contributed by atoms with Crippen LogP contribution in [0.1, 0.15) is 28.8 Å². The van der Waals surface area contributed by atoms with Crippen molar-refractivity contribution < 1.29 is 9.59 Å². The molecule has 7 heteroatoms. The largest absolute Gasteiger partial charge is 0.345 e. The Morgan fingerprint density at radius 2 is 2.14 bits per heavy atom. The number of carbonyl (C=O) groups excluding carboxylic acids is 2. The van der Waals surface area contributed by atoms with E-state index in [1.165, 1.54) is 0 Å². The number of nitrogens with zero attached hydrogens (tertiary/aromatic N) is 3. The van der Waals surface area contributed by atoms with Crippen LogP contribution >= 0.6 is 22.6 Å². The van der Waals surface area contributed by atoms with Gasteiger partial charge < -0.3 is 14.8 Å². The second-order valence-electron chi connectivity index (χ2n) is 5.70. The predicted octanol–water partition coefficient (Wildman–Crippen LogP) is 1.90. The lowest BCUT2D eigenvalue weighted by molar-refractivity contribution is -0.131. The average molecular weight is 410 g/mol. The zero-order valence-corrected chi connectivity index (χ0v) is 14.0. The van der Waals surface area contributed by atoms with E-state index < -0.39 is 4.05 Å². The van der Waals surface area contributed by atoms with E-state index in [4.69, 9.17) is 0 Å². The van der Waals surface area contributed by atoms with Gasteiger partial charge in [-0.1, -0.05) is 0 Å². The Hall–Kier alpha value is -1.64. The van der Waals surface area contributed by atoms with Crippen LogP contribution in [0.4, 0.5) is 0 Å². The van der Waals surface area contributed by atoms with E-state index in [0.29, 0.717) is 12.1 Å². The van der Waals surface area contributed by atoms with Crippen LogP contribution in [-0.4, -0.2) is 48.7 Å². The molecule has 1 fully saturated rings. The summed E-state index contributed by atoms with van der Waals surface area (Å²) >= 11 is 2.08. The number of hydrogen-bond acceptors (Lipinski definition) is 3. The quantitative estimate of drug-likeness (QED) is 0.467. The second-order valence-corrected chi connectivity index (χ2v) is 6.88. The Morgan fingerprint density at radius 3 is 2.91 bits per heavy atom. The van der Waals surface area contributed by atoms with Crippen LogP contribution in [-0.2, 0) is 11.3 Å². The Bertz CT molecular complexity index is 766. The number of amides is 2. The van der Waals surface area contributed by atoms with Gasteiger partial charge in [-0.3, -0.25) is 9.59 Å². The van der Waals surface area contributed by atoms with E-state index in [0.717, 1.165) is 42.5 Å². The van der Waals surface area contributed by atoms with Gasteiger partial charge in [0.25, 0.3) is 11.8 Å². The topological polar surface area (TPSA) is 69.3 Å². The highest BCUT2D eigenvalue weighted by atomic mass is 127. The molecule has 2 amide bonds.